The summed E-state index contributed by atoms with van der Waals surface area (Å²) in [5.74, 6) is 1.05. The molecule has 0 saturated heterocycles. The molecule has 4 nitrogen and oxygen atoms in total. The number of nitrogens with zero attached hydrogens (tertiary/aromatic N) is 2. The second kappa shape index (κ2) is 8.11. The molecule has 0 aliphatic heterocycles. The molecule has 0 fully saturated rings. The first-order chi connectivity index (χ1) is 11.8. The molecule has 0 amide bonds. The minimum absolute atomic E-state index is 0.423. The summed E-state index contributed by atoms with van der Waals surface area (Å²) in [6.07, 6.45) is 0.799. The van der Waals surface area contributed by atoms with Crippen LogP contribution in [-0.4, -0.2) is 10.2 Å². The van der Waals surface area contributed by atoms with Gasteiger partial charge in [0.1, 0.15) is 13.2 Å². The van der Waals surface area contributed by atoms with Crippen LogP contribution in [0.3, 0.4) is 0 Å². The summed E-state index contributed by atoms with van der Waals surface area (Å²) in [6.45, 7) is 2.94. The van der Waals surface area contributed by atoms with E-state index in [2.05, 4.69) is 10.2 Å². The van der Waals surface area contributed by atoms with E-state index in [1.165, 1.54) is 0 Å². The van der Waals surface area contributed by atoms with Gasteiger partial charge < -0.3 is 9.47 Å². The van der Waals surface area contributed by atoms with Crippen LogP contribution in [0, 0.1) is 0 Å². The standard InChI is InChI=1S/C20H20N2O2/c1-2-18-13-19(23-14-16-9-5-3-6-10-16)20(22-21-18)24-15-17-11-7-4-8-12-17/h3-13H,2,14-15H2,1H3. The molecule has 3 aromatic rings. The van der Waals surface area contributed by atoms with Crippen molar-refractivity contribution >= 4 is 0 Å². The number of hydrogen-bond donors (Lipinski definition) is 0. The lowest BCUT2D eigenvalue weighted by Crippen LogP contribution is -2.04. The highest BCUT2D eigenvalue weighted by molar-refractivity contribution is 5.34. The van der Waals surface area contributed by atoms with Crippen LogP contribution >= 0.6 is 0 Å². The number of benzene rings is 2. The van der Waals surface area contributed by atoms with E-state index < -0.39 is 0 Å². The van der Waals surface area contributed by atoms with Crippen molar-refractivity contribution in [1.82, 2.24) is 10.2 Å². The van der Waals surface area contributed by atoms with E-state index in [0.717, 1.165) is 23.2 Å². The molecule has 0 saturated carbocycles. The summed E-state index contributed by atoms with van der Waals surface area (Å²) < 4.78 is 11.7. The molecule has 0 N–H and O–H groups in total. The molecule has 0 aliphatic carbocycles. The Morgan fingerprint density at radius 3 is 1.92 bits per heavy atom. The van der Waals surface area contributed by atoms with Gasteiger partial charge in [0.2, 0.25) is 0 Å². The van der Waals surface area contributed by atoms with Crippen molar-refractivity contribution in [3.8, 4) is 11.6 Å². The van der Waals surface area contributed by atoms with E-state index in [4.69, 9.17) is 9.47 Å². The molecular formula is C20H20N2O2. The molecule has 0 aliphatic rings. The molecule has 1 aromatic heterocycles. The highest BCUT2D eigenvalue weighted by atomic mass is 16.5. The van der Waals surface area contributed by atoms with E-state index >= 15 is 0 Å². The Kier molecular flexibility index (Phi) is 5.40. The Bertz CT molecular complexity index is 761. The molecule has 1 heterocycles. The van der Waals surface area contributed by atoms with E-state index in [1.807, 2.05) is 73.7 Å². The van der Waals surface area contributed by atoms with Crippen molar-refractivity contribution in [2.45, 2.75) is 26.6 Å². The fourth-order valence-corrected chi connectivity index (χ4v) is 2.24. The molecule has 0 unspecified atom stereocenters. The second-order valence-corrected chi connectivity index (χ2v) is 5.41. The third-order valence-electron chi connectivity index (χ3n) is 3.60. The van der Waals surface area contributed by atoms with Gasteiger partial charge in [0.25, 0.3) is 5.88 Å². The summed E-state index contributed by atoms with van der Waals surface area (Å²) in [5, 5.41) is 8.35. The maximum atomic E-state index is 5.93. The van der Waals surface area contributed by atoms with Crippen molar-refractivity contribution in [2.75, 3.05) is 0 Å². The molecule has 24 heavy (non-hydrogen) atoms. The largest absolute Gasteiger partial charge is 0.483 e. The predicted octanol–water partition coefficient (Wildman–Crippen LogP) is 4.20. The predicted molar refractivity (Wildman–Crippen MR) is 93.0 cm³/mol. The first kappa shape index (κ1) is 16.0. The van der Waals surface area contributed by atoms with Gasteiger partial charge in [-0.25, -0.2) is 0 Å². The third kappa shape index (κ3) is 4.32. The summed E-state index contributed by atoms with van der Waals surface area (Å²) in [5.41, 5.74) is 3.05. The van der Waals surface area contributed by atoms with Gasteiger partial charge >= 0.3 is 0 Å². The normalized spacial score (nSPS) is 10.4. The van der Waals surface area contributed by atoms with Crippen LogP contribution in [-0.2, 0) is 19.6 Å². The molecule has 3 rings (SSSR count). The number of aryl methyl sites for hydroxylation is 1. The fraction of sp³-hybridized carbons (Fsp3) is 0.200. The second-order valence-electron chi connectivity index (χ2n) is 5.41. The maximum Gasteiger partial charge on any atom is 0.276 e. The molecule has 0 spiro atoms. The van der Waals surface area contributed by atoms with Gasteiger partial charge in [0.05, 0.1) is 5.69 Å². The number of aromatic nitrogens is 2. The molecule has 0 bridgehead atoms. The zero-order chi connectivity index (χ0) is 16.6. The summed E-state index contributed by atoms with van der Waals surface area (Å²) >= 11 is 0. The Balaban J connectivity index is 1.72. The minimum Gasteiger partial charge on any atom is -0.483 e. The van der Waals surface area contributed by atoms with E-state index in [1.54, 1.807) is 0 Å². The topological polar surface area (TPSA) is 44.2 Å². The van der Waals surface area contributed by atoms with Gasteiger partial charge in [-0.15, -0.1) is 5.10 Å². The van der Waals surface area contributed by atoms with Gasteiger partial charge in [-0.1, -0.05) is 67.6 Å². The smallest absolute Gasteiger partial charge is 0.276 e. The Hall–Kier alpha value is -2.88. The third-order valence-corrected chi connectivity index (χ3v) is 3.60. The first-order valence-corrected chi connectivity index (χ1v) is 8.05. The van der Waals surface area contributed by atoms with Gasteiger partial charge in [-0.05, 0) is 17.5 Å². The summed E-state index contributed by atoms with van der Waals surface area (Å²) in [6, 6.07) is 21.9. The number of ether oxygens (including phenoxy) is 2. The van der Waals surface area contributed by atoms with E-state index in [0.29, 0.717) is 24.8 Å². The lowest BCUT2D eigenvalue weighted by molar-refractivity contribution is 0.243. The lowest BCUT2D eigenvalue weighted by atomic mass is 10.2. The Morgan fingerprint density at radius 1 is 0.750 bits per heavy atom. The maximum absolute atomic E-state index is 5.93. The molecule has 0 atom stereocenters. The van der Waals surface area contributed by atoms with Gasteiger partial charge in [-0.3, -0.25) is 0 Å². The van der Waals surface area contributed by atoms with Crippen LogP contribution in [0.1, 0.15) is 23.7 Å². The van der Waals surface area contributed by atoms with Gasteiger partial charge in [-0.2, -0.15) is 5.10 Å². The zero-order valence-electron chi connectivity index (χ0n) is 13.7. The fourth-order valence-electron chi connectivity index (χ4n) is 2.24. The zero-order valence-corrected chi connectivity index (χ0v) is 13.7. The molecule has 0 radical (unpaired) electrons. The quantitative estimate of drug-likeness (QED) is 0.654. The van der Waals surface area contributed by atoms with E-state index in [-0.39, 0.29) is 0 Å². The van der Waals surface area contributed by atoms with Crippen LogP contribution in [0.4, 0.5) is 0 Å². The van der Waals surface area contributed by atoms with E-state index in [9.17, 15) is 0 Å². The van der Waals surface area contributed by atoms with Crippen molar-refractivity contribution in [2.24, 2.45) is 0 Å². The minimum atomic E-state index is 0.423. The summed E-state index contributed by atoms with van der Waals surface area (Å²) in [7, 11) is 0. The van der Waals surface area contributed by atoms with Crippen molar-refractivity contribution < 1.29 is 9.47 Å². The van der Waals surface area contributed by atoms with Crippen LogP contribution in [0.2, 0.25) is 0 Å². The molecular weight excluding hydrogens is 300 g/mol. The summed E-state index contributed by atoms with van der Waals surface area (Å²) in [4.78, 5) is 0. The lowest BCUT2D eigenvalue weighted by Gasteiger charge is -2.12. The van der Waals surface area contributed by atoms with Gasteiger partial charge in [0.15, 0.2) is 5.75 Å². The first-order valence-electron chi connectivity index (χ1n) is 8.05. The van der Waals surface area contributed by atoms with Gasteiger partial charge in [0, 0.05) is 6.07 Å². The Labute approximate surface area is 142 Å². The molecule has 4 heteroatoms. The Morgan fingerprint density at radius 2 is 1.33 bits per heavy atom. The average molecular weight is 320 g/mol. The van der Waals surface area contributed by atoms with Crippen molar-refractivity contribution in [3.05, 3.63) is 83.6 Å². The van der Waals surface area contributed by atoms with Crippen molar-refractivity contribution in [3.63, 3.8) is 0 Å². The van der Waals surface area contributed by atoms with Crippen LogP contribution < -0.4 is 9.47 Å². The highest BCUT2D eigenvalue weighted by Gasteiger charge is 2.10. The molecule has 2 aromatic carbocycles. The number of hydrogen-bond acceptors (Lipinski definition) is 4. The SMILES string of the molecule is CCc1cc(OCc2ccccc2)c(OCc2ccccc2)nn1. The monoisotopic (exact) mass is 320 g/mol. The average Bonchev–Trinajstić information content (AvgIpc) is 2.66. The number of rotatable bonds is 7. The highest BCUT2D eigenvalue weighted by Crippen LogP contribution is 2.26. The van der Waals surface area contributed by atoms with Crippen LogP contribution in [0.15, 0.2) is 66.7 Å². The molecule has 122 valence electrons. The van der Waals surface area contributed by atoms with Crippen LogP contribution in [0.5, 0.6) is 11.6 Å². The van der Waals surface area contributed by atoms with Crippen molar-refractivity contribution in [1.29, 1.82) is 0 Å². The van der Waals surface area contributed by atoms with Crippen LogP contribution in [0.25, 0.3) is 0 Å².